The van der Waals surface area contributed by atoms with Gasteiger partial charge in [-0.2, -0.15) is 0 Å². The molecule has 0 fully saturated rings. The van der Waals surface area contributed by atoms with Gasteiger partial charge >= 0.3 is 5.97 Å². The number of benzene rings is 1. The molecule has 0 bridgehead atoms. The minimum atomic E-state index is -0.757. The van der Waals surface area contributed by atoms with Crippen LogP contribution in [-0.2, 0) is 20.7 Å². The van der Waals surface area contributed by atoms with E-state index < -0.39 is 18.1 Å². The molecule has 0 radical (unpaired) electrons. The van der Waals surface area contributed by atoms with E-state index in [0.29, 0.717) is 6.42 Å². The molecule has 0 aliphatic rings. The molecule has 1 aromatic heterocycles. The number of carbonyl (C=O) groups excluding carboxylic acids is 2. The molecular formula is C15H19N3O3. The maximum atomic E-state index is 11.8. The molecule has 0 unspecified atom stereocenters. The highest BCUT2D eigenvalue weighted by molar-refractivity contribution is 5.88. The van der Waals surface area contributed by atoms with Gasteiger partial charge in [0.2, 0.25) is 5.91 Å². The van der Waals surface area contributed by atoms with E-state index in [0.717, 1.165) is 16.5 Å². The third-order valence-electron chi connectivity index (χ3n) is 3.31. The molecule has 0 saturated heterocycles. The number of aromatic nitrogens is 1. The molecule has 0 aliphatic carbocycles. The molecule has 1 aromatic carbocycles. The zero-order valence-electron chi connectivity index (χ0n) is 12.1. The Morgan fingerprint density at radius 1 is 1.38 bits per heavy atom. The summed E-state index contributed by atoms with van der Waals surface area (Å²) < 4.78 is 4.75. The van der Waals surface area contributed by atoms with Gasteiger partial charge in [-0.3, -0.25) is 4.79 Å². The average Bonchev–Trinajstić information content (AvgIpc) is 2.89. The second-order valence-electron chi connectivity index (χ2n) is 4.94. The van der Waals surface area contributed by atoms with Crippen molar-refractivity contribution in [1.82, 2.24) is 10.3 Å². The second kappa shape index (κ2) is 6.41. The van der Waals surface area contributed by atoms with Crippen LogP contribution in [0.25, 0.3) is 10.9 Å². The predicted octanol–water partition coefficient (Wildman–Crippen LogP) is 0.715. The van der Waals surface area contributed by atoms with Crippen LogP contribution in [-0.4, -0.2) is 36.1 Å². The highest BCUT2D eigenvalue weighted by atomic mass is 16.5. The number of esters is 1. The Morgan fingerprint density at radius 3 is 2.76 bits per heavy atom. The van der Waals surface area contributed by atoms with Gasteiger partial charge in [-0.05, 0) is 18.6 Å². The van der Waals surface area contributed by atoms with Crippen molar-refractivity contribution in [2.24, 2.45) is 5.73 Å². The molecule has 0 spiro atoms. The van der Waals surface area contributed by atoms with Crippen molar-refractivity contribution in [3.63, 3.8) is 0 Å². The van der Waals surface area contributed by atoms with E-state index in [2.05, 4.69) is 10.3 Å². The van der Waals surface area contributed by atoms with Crippen LogP contribution in [0, 0.1) is 0 Å². The minimum Gasteiger partial charge on any atom is -0.467 e. The Balaban J connectivity index is 2.22. The quantitative estimate of drug-likeness (QED) is 0.706. The summed E-state index contributed by atoms with van der Waals surface area (Å²) in [5.74, 6) is -0.875. The zero-order chi connectivity index (χ0) is 15.4. The van der Waals surface area contributed by atoms with Crippen molar-refractivity contribution in [2.45, 2.75) is 25.4 Å². The second-order valence-corrected chi connectivity index (χ2v) is 4.94. The summed E-state index contributed by atoms with van der Waals surface area (Å²) in [6.07, 6.45) is 2.17. The fourth-order valence-corrected chi connectivity index (χ4v) is 2.16. The Kier molecular flexibility index (Phi) is 4.59. The van der Waals surface area contributed by atoms with Gasteiger partial charge in [-0.15, -0.1) is 0 Å². The Labute approximate surface area is 122 Å². The van der Waals surface area contributed by atoms with Crippen LogP contribution >= 0.6 is 0 Å². The lowest BCUT2D eigenvalue weighted by Gasteiger charge is -2.17. The fraction of sp³-hybridized carbons (Fsp3) is 0.333. The van der Waals surface area contributed by atoms with Crippen LogP contribution in [0.3, 0.4) is 0 Å². The Bertz CT molecular complexity index is 648. The van der Waals surface area contributed by atoms with Crippen molar-refractivity contribution in [3.05, 3.63) is 36.0 Å². The summed E-state index contributed by atoms with van der Waals surface area (Å²) in [6, 6.07) is 6.33. The molecular weight excluding hydrogens is 270 g/mol. The number of aromatic amines is 1. The van der Waals surface area contributed by atoms with Crippen molar-refractivity contribution in [3.8, 4) is 0 Å². The molecule has 4 N–H and O–H groups in total. The number of H-pyrrole nitrogens is 1. The first-order valence-corrected chi connectivity index (χ1v) is 6.71. The third kappa shape index (κ3) is 3.41. The fourth-order valence-electron chi connectivity index (χ4n) is 2.16. The third-order valence-corrected chi connectivity index (χ3v) is 3.31. The number of hydrogen-bond acceptors (Lipinski definition) is 4. The van der Waals surface area contributed by atoms with Crippen LogP contribution in [0.15, 0.2) is 30.5 Å². The van der Waals surface area contributed by atoms with Gasteiger partial charge in [0, 0.05) is 23.5 Å². The summed E-state index contributed by atoms with van der Waals surface area (Å²) in [6.45, 7) is 1.56. The average molecular weight is 289 g/mol. The summed E-state index contributed by atoms with van der Waals surface area (Å²) in [5.41, 5.74) is 7.44. The van der Waals surface area contributed by atoms with E-state index in [9.17, 15) is 9.59 Å². The Hall–Kier alpha value is -2.34. The number of methoxy groups -OCH3 is 1. The molecule has 21 heavy (non-hydrogen) atoms. The van der Waals surface area contributed by atoms with E-state index in [1.807, 2.05) is 30.5 Å². The molecule has 2 atom stereocenters. The number of carbonyl (C=O) groups is 2. The van der Waals surface area contributed by atoms with E-state index in [1.165, 1.54) is 7.11 Å². The maximum Gasteiger partial charge on any atom is 0.328 e. The molecule has 6 nitrogen and oxygen atoms in total. The van der Waals surface area contributed by atoms with Gasteiger partial charge in [0.15, 0.2) is 0 Å². The zero-order valence-corrected chi connectivity index (χ0v) is 12.1. The number of nitrogens with one attached hydrogen (secondary N) is 2. The number of fused-ring (bicyclic) bond motifs is 1. The standard InChI is InChI=1S/C15H19N3O3/c1-9(16)14(19)18-13(15(20)21-2)7-10-8-17-12-6-4-3-5-11(10)12/h3-6,8-9,13,17H,7,16H2,1-2H3,(H,18,19)/t9-,13+/m1/s1. The van der Waals surface area contributed by atoms with Gasteiger partial charge in [0.1, 0.15) is 6.04 Å². The van der Waals surface area contributed by atoms with Gasteiger partial charge in [0.25, 0.3) is 0 Å². The molecule has 0 saturated carbocycles. The summed E-state index contributed by atoms with van der Waals surface area (Å²) in [7, 11) is 1.29. The number of nitrogens with two attached hydrogens (primary N) is 1. The highest BCUT2D eigenvalue weighted by Gasteiger charge is 2.24. The number of hydrogen-bond donors (Lipinski definition) is 3. The van der Waals surface area contributed by atoms with Crippen molar-refractivity contribution < 1.29 is 14.3 Å². The number of para-hydroxylation sites is 1. The first-order valence-electron chi connectivity index (χ1n) is 6.71. The van der Waals surface area contributed by atoms with Crippen molar-refractivity contribution in [1.29, 1.82) is 0 Å². The monoisotopic (exact) mass is 289 g/mol. The predicted molar refractivity (Wildman–Crippen MR) is 79.6 cm³/mol. The molecule has 1 amide bonds. The molecule has 112 valence electrons. The molecule has 6 heteroatoms. The smallest absolute Gasteiger partial charge is 0.328 e. The van der Waals surface area contributed by atoms with Gasteiger partial charge in [-0.1, -0.05) is 18.2 Å². The van der Waals surface area contributed by atoms with Gasteiger partial charge in [0.05, 0.1) is 13.2 Å². The minimum absolute atomic E-state index is 0.342. The van der Waals surface area contributed by atoms with Crippen LogP contribution in [0.4, 0.5) is 0 Å². The first-order chi connectivity index (χ1) is 10.0. The van der Waals surface area contributed by atoms with E-state index in [4.69, 9.17) is 10.5 Å². The lowest BCUT2D eigenvalue weighted by atomic mass is 10.0. The van der Waals surface area contributed by atoms with Crippen LogP contribution in [0.1, 0.15) is 12.5 Å². The van der Waals surface area contributed by atoms with E-state index in [-0.39, 0.29) is 5.91 Å². The number of ether oxygens (including phenoxy) is 1. The van der Waals surface area contributed by atoms with Crippen molar-refractivity contribution in [2.75, 3.05) is 7.11 Å². The van der Waals surface area contributed by atoms with Gasteiger partial charge in [-0.25, -0.2) is 4.79 Å². The largest absolute Gasteiger partial charge is 0.467 e. The Morgan fingerprint density at radius 2 is 2.10 bits per heavy atom. The lowest BCUT2D eigenvalue weighted by molar-refractivity contribution is -0.145. The summed E-state index contributed by atoms with van der Waals surface area (Å²) >= 11 is 0. The molecule has 1 heterocycles. The van der Waals surface area contributed by atoms with Gasteiger partial charge < -0.3 is 20.8 Å². The van der Waals surface area contributed by atoms with Crippen molar-refractivity contribution >= 4 is 22.8 Å². The number of amides is 1. The number of rotatable bonds is 5. The topological polar surface area (TPSA) is 97.2 Å². The molecule has 2 aromatic rings. The van der Waals surface area contributed by atoms with E-state index >= 15 is 0 Å². The molecule has 2 rings (SSSR count). The summed E-state index contributed by atoms with van der Waals surface area (Å²) in [5, 5.41) is 3.63. The van der Waals surface area contributed by atoms with Crippen LogP contribution in [0.2, 0.25) is 0 Å². The van der Waals surface area contributed by atoms with Crippen LogP contribution < -0.4 is 11.1 Å². The normalized spacial score (nSPS) is 13.7. The first kappa shape index (κ1) is 15.1. The lowest BCUT2D eigenvalue weighted by Crippen LogP contribution is -2.48. The summed E-state index contributed by atoms with van der Waals surface area (Å²) in [4.78, 5) is 26.7. The van der Waals surface area contributed by atoms with Crippen LogP contribution in [0.5, 0.6) is 0 Å². The van der Waals surface area contributed by atoms with E-state index in [1.54, 1.807) is 6.92 Å². The molecule has 0 aliphatic heterocycles. The SMILES string of the molecule is COC(=O)[C@H](Cc1c[nH]c2ccccc12)NC(=O)[C@@H](C)N. The maximum absolute atomic E-state index is 11.8. The highest BCUT2D eigenvalue weighted by Crippen LogP contribution is 2.19.